The average molecular weight is 223 g/mol. The van der Waals surface area contributed by atoms with Crippen molar-refractivity contribution in [3.63, 3.8) is 0 Å². The van der Waals surface area contributed by atoms with E-state index >= 15 is 0 Å². The average Bonchev–Trinajstić information content (AvgIpc) is 2.41. The minimum atomic E-state index is 0.590. The summed E-state index contributed by atoms with van der Waals surface area (Å²) in [6.07, 6.45) is 8.82. The van der Waals surface area contributed by atoms with Gasteiger partial charge in [0.1, 0.15) is 0 Å². The molecule has 0 N–H and O–H groups in total. The lowest BCUT2D eigenvalue weighted by atomic mass is 10.1. The topological polar surface area (TPSA) is 22.1 Å². The van der Waals surface area contributed by atoms with Gasteiger partial charge < -0.3 is 4.74 Å². The third kappa shape index (κ3) is 3.44. The van der Waals surface area contributed by atoms with Gasteiger partial charge in [-0.05, 0) is 35.4 Å². The van der Waals surface area contributed by atoms with Gasteiger partial charge in [0.2, 0.25) is 0 Å². The van der Waals surface area contributed by atoms with Gasteiger partial charge in [-0.15, -0.1) is 6.42 Å². The van der Waals surface area contributed by atoms with E-state index in [1.165, 1.54) is 0 Å². The molecule has 2 nitrogen and oxygen atoms in total. The Labute approximate surface area is 101 Å². The van der Waals surface area contributed by atoms with E-state index in [0.29, 0.717) is 13.2 Å². The first kappa shape index (κ1) is 11.4. The first-order valence-corrected chi connectivity index (χ1v) is 5.40. The highest BCUT2D eigenvalue weighted by Gasteiger charge is 1.95. The summed E-state index contributed by atoms with van der Waals surface area (Å²) in [4.78, 5) is 3.96. The Hall–Kier alpha value is -2.11. The second-order valence-electron chi connectivity index (χ2n) is 3.69. The third-order valence-electron chi connectivity index (χ3n) is 2.41. The lowest BCUT2D eigenvalue weighted by Crippen LogP contribution is -1.94. The fourth-order valence-corrected chi connectivity index (χ4v) is 1.46. The van der Waals surface area contributed by atoms with E-state index < -0.39 is 0 Å². The van der Waals surface area contributed by atoms with Crippen LogP contribution in [-0.4, -0.2) is 4.98 Å². The highest BCUT2D eigenvalue weighted by Crippen LogP contribution is 2.07. The Bertz CT molecular complexity index is 497. The van der Waals surface area contributed by atoms with Gasteiger partial charge in [-0.3, -0.25) is 4.98 Å². The summed E-state index contributed by atoms with van der Waals surface area (Å²) in [6.45, 7) is 1.19. The van der Waals surface area contributed by atoms with E-state index in [-0.39, 0.29) is 0 Å². The fourth-order valence-electron chi connectivity index (χ4n) is 1.46. The summed E-state index contributed by atoms with van der Waals surface area (Å²) in [7, 11) is 0. The van der Waals surface area contributed by atoms with Crippen LogP contribution in [0.3, 0.4) is 0 Å². The first-order chi connectivity index (χ1) is 8.38. The summed E-state index contributed by atoms with van der Waals surface area (Å²) in [6, 6.07) is 11.7. The zero-order valence-electron chi connectivity index (χ0n) is 9.47. The minimum Gasteiger partial charge on any atom is -0.372 e. The van der Waals surface area contributed by atoms with E-state index in [0.717, 1.165) is 16.7 Å². The van der Waals surface area contributed by atoms with Crippen LogP contribution in [0.4, 0.5) is 0 Å². The SMILES string of the molecule is C#Cc1ccc(COCc2ccncc2)cc1. The maximum Gasteiger partial charge on any atom is 0.0722 e. The Kier molecular flexibility index (Phi) is 3.90. The summed E-state index contributed by atoms with van der Waals surface area (Å²) >= 11 is 0. The molecule has 2 heteroatoms. The molecule has 84 valence electrons. The zero-order chi connectivity index (χ0) is 11.9. The first-order valence-electron chi connectivity index (χ1n) is 5.40. The van der Waals surface area contributed by atoms with Gasteiger partial charge in [-0.25, -0.2) is 0 Å². The van der Waals surface area contributed by atoms with Crippen molar-refractivity contribution < 1.29 is 4.74 Å². The molecule has 0 saturated heterocycles. The number of terminal acetylenes is 1. The van der Waals surface area contributed by atoms with Gasteiger partial charge >= 0.3 is 0 Å². The molecule has 1 aromatic carbocycles. The van der Waals surface area contributed by atoms with Gasteiger partial charge in [0, 0.05) is 18.0 Å². The molecular formula is C15H13NO. The smallest absolute Gasteiger partial charge is 0.0722 e. The van der Waals surface area contributed by atoms with Crippen LogP contribution in [0.5, 0.6) is 0 Å². The Morgan fingerprint density at radius 3 is 2.12 bits per heavy atom. The van der Waals surface area contributed by atoms with Gasteiger partial charge in [-0.2, -0.15) is 0 Å². The van der Waals surface area contributed by atoms with Gasteiger partial charge in [-0.1, -0.05) is 18.1 Å². The predicted octanol–water partition coefficient (Wildman–Crippen LogP) is 2.78. The number of rotatable bonds is 4. The molecule has 0 bridgehead atoms. The summed E-state index contributed by atoms with van der Waals surface area (Å²) in [5.74, 6) is 2.59. The van der Waals surface area contributed by atoms with E-state index in [9.17, 15) is 0 Å². The molecule has 2 aromatic rings. The van der Waals surface area contributed by atoms with Crippen LogP contribution < -0.4 is 0 Å². The summed E-state index contributed by atoms with van der Waals surface area (Å²) < 4.78 is 5.60. The maximum atomic E-state index is 5.60. The van der Waals surface area contributed by atoms with E-state index in [2.05, 4.69) is 10.9 Å². The molecule has 0 fully saturated rings. The predicted molar refractivity (Wildman–Crippen MR) is 67.1 cm³/mol. The van der Waals surface area contributed by atoms with Crippen molar-refractivity contribution in [3.8, 4) is 12.3 Å². The molecule has 0 spiro atoms. The number of hydrogen-bond acceptors (Lipinski definition) is 2. The normalized spacial score (nSPS) is 9.82. The van der Waals surface area contributed by atoms with E-state index in [1.807, 2.05) is 36.4 Å². The van der Waals surface area contributed by atoms with Gasteiger partial charge in [0.25, 0.3) is 0 Å². The number of hydrogen-bond donors (Lipinski definition) is 0. The maximum absolute atomic E-state index is 5.60. The lowest BCUT2D eigenvalue weighted by Gasteiger charge is -2.04. The standard InChI is InChI=1S/C15H13NO/c1-2-13-3-5-14(6-4-13)11-17-12-15-7-9-16-10-8-15/h1,3-10H,11-12H2. The molecule has 0 amide bonds. The molecule has 17 heavy (non-hydrogen) atoms. The van der Waals surface area contributed by atoms with Crippen molar-refractivity contribution in [2.75, 3.05) is 0 Å². The van der Waals surface area contributed by atoms with E-state index in [1.54, 1.807) is 12.4 Å². The molecule has 0 radical (unpaired) electrons. The molecule has 2 rings (SSSR count). The third-order valence-corrected chi connectivity index (χ3v) is 2.41. The molecular weight excluding hydrogens is 210 g/mol. The molecule has 1 aromatic heterocycles. The highest BCUT2D eigenvalue weighted by atomic mass is 16.5. The number of pyridine rings is 1. The molecule has 0 aliphatic heterocycles. The van der Waals surface area contributed by atoms with E-state index in [4.69, 9.17) is 11.2 Å². The van der Waals surface area contributed by atoms with Gasteiger partial charge in [0.05, 0.1) is 13.2 Å². The number of aromatic nitrogens is 1. The van der Waals surface area contributed by atoms with Gasteiger partial charge in [0.15, 0.2) is 0 Å². The summed E-state index contributed by atoms with van der Waals surface area (Å²) in [5.41, 5.74) is 3.14. The largest absolute Gasteiger partial charge is 0.372 e. The van der Waals surface area contributed by atoms with Crippen molar-refractivity contribution in [3.05, 3.63) is 65.5 Å². The molecule has 1 heterocycles. The van der Waals surface area contributed by atoms with Crippen LogP contribution in [0.15, 0.2) is 48.8 Å². The monoisotopic (exact) mass is 223 g/mol. The zero-order valence-corrected chi connectivity index (χ0v) is 9.47. The van der Waals surface area contributed by atoms with Crippen molar-refractivity contribution in [1.29, 1.82) is 0 Å². The minimum absolute atomic E-state index is 0.590. The van der Waals surface area contributed by atoms with Crippen LogP contribution in [0.25, 0.3) is 0 Å². The molecule has 0 unspecified atom stereocenters. The Morgan fingerprint density at radius 2 is 1.53 bits per heavy atom. The molecule has 0 aliphatic carbocycles. The second-order valence-corrected chi connectivity index (χ2v) is 3.69. The lowest BCUT2D eigenvalue weighted by molar-refractivity contribution is 0.107. The second kappa shape index (κ2) is 5.83. The quantitative estimate of drug-likeness (QED) is 0.743. The van der Waals surface area contributed by atoms with Crippen LogP contribution in [0.1, 0.15) is 16.7 Å². The van der Waals surface area contributed by atoms with Crippen LogP contribution in [0, 0.1) is 12.3 Å². The number of ether oxygens (including phenoxy) is 1. The fraction of sp³-hybridized carbons (Fsp3) is 0.133. The number of nitrogens with zero attached hydrogens (tertiary/aromatic N) is 1. The Morgan fingerprint density at radius 1 is 0.941 bits per heavy atom. The van der Waals surface area contributed by atoms with Crippen LogP contribution in [0.2, 0.25) is 0 Å². The molecule has 0 atom stereocenters. The highest BCUT2D eigenvalue weighted by molar-refractivity contribution is 5.33. The molecule has 0 aliphatic rings. The number of benzene rings is 1. The van der Waals surface area contributed by atoms with Crippen LogP contribution >= 0.6 is 0 Å². The van der Waals surface area contributed by atoms with Crippen molar-refractivity contribution in [2.45, 2.75) is 13.2 Å². The summed E-state index contributed by atoms with van der Waals surface area (Å²) in [5, 5.41) is 0. The van der Waals surface area contributed by atoms with Crippen molar-refractivity contribution in [1.82, 2.24) is 4.98 Å². The van der Waals surface area contributed by atoms with Crippen LogP contribution in [-0.2, 0) is 18.0 Å². The van der Waals surface area contributed by atoms with Crippen molar-refractivity contribution in [2.24, 2.45) is 0 Å². The molecule has 0 saturated carbocycles. The Balaban J connectivity index is 1.84. The van der Waals surface area contributed by atoms with Crippen molar-refractivity contribution >= 4 is 0 Å².